The predicted octanol–water partition coefficient (Wildman–Crippen LogP) is 1.38. The fourth-order valence-electron chi connectivity index (χ4n) is 3.43. The second-order valence-corrected chi connectivity index (χ2v) is 5.30. The molecular formula is C11H21NO. The zero-order valence-corrected chi connectivity index (χ0v) is 8.50. The summed E-state index contributed by atoms with van der Waals surface area (Å²) in [7, 11) is 0. The molecule has 0 aromatic rings. The first-order valence-corrected chi connectivity index (χ1v) is 5.50. The number of nitrogens with two attached hydrogens (primary N) is 1. The lowest BCUT2D eigenvalue weighted by molar-refractivity contribution is 0.0541. The van der Waals surface area contributed by atoms with Crippen molar-refractivity contribution in [2.45, 2.75) is 32.6 Å². The topological polar surface area (TPSA) is 46.2 Å². The van der Waals surface area contributed by atoms with Crippen LogP contribution in [0.25, 0.3) is 0 Å². The Morgan fingerprint density at radius 3 is 2.54 bits per heavy atom. The lowest BCUT2D eigenvalue weighted by atomic mass is 9.69. The normalized spacial score (nSPS) is 42.2. The molecule has 2 saturated carbocycles. The quantitative estimate of drug-likeness (QED) is 0.694. The highest BCUT2D eigenvalue weighted by molar-refractivity contribution is 4.97. The Kier molecular flexibility index (Phi) is 2.37. The van der Waals surface area contributed by atoms with Crippen LogP contribution >= 0.6 is 0 Å². The average molecular weight is 183 g/mol. The molecule has 0 aliphatic heterocycles. The van der Waals surface area contributed by atoms with E-state index in [1.54, 1.807) is 0 Å². The van der Waals surface area contributed by atoms with Gasteiger partial charge < -0.3 is 10.8 Å². The van der Waals surface area contributed by atoms with E-state index in [-0.39, 0.29) is 12.0 Å². The van der Waals surface area contributed by atoms with Crippen molar-refractivity contribution in [2.75, 3.05) is 13.2 Å². The van der Waals surface area contributed by atoms with Gasteiger partial charge in [-0.25, -0.2) is 0 Å². The molecule has 4 atom stereocenters. The van der Waals surface area contributed by atoms with Gasteiger partial charge in [0.2, 0.25) is 0 Å². The monoisotopic (exact) mass is 183 g/mol. The molecule has 13 heavy (non-hydrogen) atoms. The van der Waals surface area contributed by atoms with Crippen molar-refractivity contribution in [2.24, 2.45) is 28.9 Å². The van der Waals surface area contributed by atoms with Crippen LogP contribution in [0.5, 0.6) is 0 Å². The third-order valence-corrected chi connectivity index (χ3v) is 4.46. The minimum Gasteiger partial charge on any atom is -0.396 e. The van der Waals surface area contributed by atoms with Crippen molar-refractivity contribution < 1.29 is 5.11 Å². The van der Waals surface area contributed by atoms with Gasteiger partial charge in [-0.15, -0.1) is 0 Å². The molecule has 2 aliphatic rings. The molecule has 0 amide bonds. The minimum absolute atomic E-state index is 0.000162. The van der Waals surface area contributed by atoms with E-state index < -0.39 is 0 Å². The maximum atomic E-state index is 9.39. The molecule has 0 aromatic carbocycles. The first kappa shape index (κ1) is 9.47. The highest BCUT2D eigenvalue weighted by atomic mass is 16.3. The molecule has 2 nitrogen and oxygen atoms in total. The van der Waals surface area contributed by atoms with E-state index in [2.05, 4.69) is 6.92 Å². The Labute approximate surface area is 80.5 Å². The maximum Gasteiger partial charge on any atom is 0.0499 e. The molecule has 2 rings (SSSR count). The number of aliphatic hydroxyl groups is 1. The summed E-state index contributed by atoms with van der Waals surface area (Å²) in [6.07, 6.45) is 5.53. The van der Waals surface area contributed by atoms with Crippen molar-refractivity contribution in [1.29, 1.82) is 0 Å². The van der Waals surface area contributed by atoms with Gasteiger partial charge in [-0.1, -0.05) is 13.3 Å². The number of fused-ring (bicyclic) bond motifs is 2. The van der Waals surface area contributed by atoms with Gasteiger partial charge in [0.25, 0.3) is 0 Å². The van der Waals surface area contributed by atoms with E-state index >= 15 is 0 Å². The molecular weight excluding hydrogens is 162 g/mol. The highest BCUT2D eigenvalue weighted by Gasteiger charge is 2.47. The van der Waals surface area contributed by atoms with E-state index in [0.717, 1.165) is 11.8 Å². The van der Waals surface area contributed by atoms with Crippen LogP contribution in [-0.4, -0.2) is 18.3 Å². The SMILES string of the molecule is CC(CN)(CO)C1CC2CCC1C2. The summed E-state index contributed by atoms with van der Waals surface area (Å²) in [6, 6.07) is 0. The van der Waals surface area contributed by atoms with Gasteiger partial charge >= 0.3 is 0 Å². The number of aliphatic hydroxyl groups excluding tert-OH is 1. The van der Waals surface area contributed by atoms with Crippen LogP contribution in [0.1, 0.15) is 32.6 Å². The van der Waals surface area contributed by atoms with Crippen LogP contribution in [-0.2, 0) is 0 Å². The van der Waals surface area contributed by atoms with Crippen LogP contribution in [0.15, 0.2) is 0 Å². The zero-order valence-electron chi connectivity index (χ0n) is 8.50. The second-order valence-electron chi connectivity index (χ2n) is 5.30. The third-order valence-electron chi connectivity index (χ3n) is 4.46. The summed E-state index contributed by atoms with van der Waals surface area (Å²) in [4.78, 5) is 0. The molecule has 2 fully saturated rings. The largest absolute Gasteiger partial charge is 0.396 e. The van der Waals surface area contributed by atoms with E-state index in [9.17, 15) is 5.11 Å². The molecule has 2 heteroatoms. The molecule has 2 bridgehead atoms. The molecule has 0 aromatic heterocycles. The van der Waals surface area contributed by atoms with Crippen LogP contribution in [0.3, 0.4) is 0 Å². The average Bonchev–Trinajstić information content (AvgIpc) is 2.77. The van der Waals surface area contributed by atoms with Crippen molar-refractivity contribution in [3.63, 3.8) is 0 Å². The fraction of sp³-hybridized carbons (Fsp3) is 1.00. The predicted molar refractivity (Wildman–Crippen MR) is 53.2 cm³/mol. The standard InChI is InChI=1S/C11H21NO/c1-11(6-12,7-13)10-5-8-2-3-9(10)4-8/h8-10,13H,2-7,12H2,1H3. The van der Waals surface area contributed by atoms with Gasteiger partial charge in [-0.2, -0.15) is 0 Å². The third kappa shape index (κ3) is 1.40. The summed E-state index contributed by atoms with van der Waals surface area (Å²) in [6.45, 7) is 3.05. The van der Waals surface area contributed by atoms with Gasteiger partial charge in [-0.3, -0.25) is 0 Å². The first-order valence-electron chi connectivity index (χ1n) is 5.50. The van der Waals surface area contributed by atoms with Gasteiger partial charge in [0, 0.05) is 18.6 Å². The van der Waals surface area contributed by atoms with Crippen LogP contribution < -0.4 is 5.73 Å². The van der Waals surface area contributed by atoms with Crippen molar-refractivity contribution >= 4 is 0 Å². The Bertz CT molecular complexity index is 189. The highest BCUT2D eigenvalue weighted by Crippen LogP contribution is 2.54. The van der Waals surface area contributed by atoms with Crippen LogP contribution in [0, 0.1) is 23.2 Å². The van der Waals surface area contributed by atoms with Crippen molar-refractivity contribution in [3.8, 4) is 0 Å². The maximum absolute atomic E-state index is 9.39. The number of hydrogen-bond donors (Lipinski definition) is 2. The summed E-state index contributed by atoms with van der Waals surface area (Å²) in [5.74, 6) is 2.51. The zero-order chi connectivity index (χ0) is 9.47. The van der Waals surface area contributed by atoms with Crippen LogP contribution in [0.2, 0.25) is 0 Å². The number of hydrogen-bond acceptors (Lipinski definition) is 2. The minimum atomic E-state index is -0.000162. The Morgan fingerprint density at radius 2 is 2.15 bits per heavy atom. The summed E-state index contributed by atoms with van der Waals surface area (Å²) >= 11 is 0. The second kappa shape index (κ2) is 3.25. The molecule has 0 saturated heterocycles. The smallest absolute Gasteiger partial charge is 0.0499 e. The molecule has 3 N–H and O–H groups in total. The van der Waals surface area contributed by atoms with Crippen molar-refractivity contribution in [1.82, 2.24) is 0 Å². The lowest BCUT2D eigenvalue weighted by Crippen LogP contribution is -2.41. The fourth-order valence-corrected chi connectivity index (χ4v) is 3.43. The molecule has 4 unspecified atom stereocenters. The summed E-state index contributed by atoms with van der Waals surface area (Å²) < 4.78 is 0. The van der Waals surface area contributed by atoms with E-state index in [1.165, 1.54) is 25.7 Å². The summed E-state index contributed by atoms with van der Waals surface area (Å²) in [5.41, 5.74) is 5.77. The summed E-state index contributed by atoms with van der Waals surface area (Å²) in [5, 5.41) is 9.39. The molecule has 76 valence electrons. The van der Waals surface area contributed by atoms with Crippen molar-refractivity contribution in [3.05, 3.63) is 0 Å². The Morgan fingerprint density at radius 1 is 1.38 bits per heavy atom. The molecule has 0 heterocycles. The van der Waals surface area contributed by atoms with E-state index in [0.29, 0.717) is 12.5 Å². The van der Waals surface area contributed by atoms with E-state index in [1.807, 2.05) is 0 Å². The van der Waals surface area contributed by atoms with Gasteiger partial charge in [0.15, 0.2) is 0 Å². The van der Waals surface area contributed by atoms with Crippen LogP contribution in [0.4, 0.5) is 0 Å². The lowest BCUT2D eigenvalue weighted by Gasteiger charge is -2.38. The molecule has 0 radical (unpaired) electrons. The number of rotatable bonds is 3. The Balaban J connectivity index is 2.08. The molecule has 2 aliphatic carbocycles. The van der Waals surface area contributed by atoms with E-state index in [4.69, 9.17) is 5.73 Å². The Hall–Kier alpha value is -0.0800. The van der Waals surface area contributed by atoms with Gasteiger partial charge in [0.05, 0.1) is 0 Å². The first-order chi connectivity index (χ1) is 6.19. The van der Waals surface area contributed by atoms with Gasteiger partial charge in [0.1, 0.15) is 0 Å². The molecule has 0 spiro atoms. The van der Waals surface area contributed by atoms with Gasteiger partial charge in [-0.05, 0) is 37.0 Å².